The molecule has 6 nitrogen and oxygen atoms in total. The summed E-state index contributed by atoms with van der Waals surface area (Å²) < 4.78 is 5.27. The molecule has 106 valence electrons. The van der Waals surface area contributed by atoms with Crippen molar-refractivity contribution in [2.24, 2.45) is 0 Å². The van der Waals surface area contributed by atoms with Crippen LogP contribution in [0.1, 0.15) is 16.1 Å². The molecule has 0 aliphatic rings. The molecule has 0 saturated heterocycles. The molecule has 1 N–H and O–H groups in total. The van der Waals surface area contributed by atoms with Crippen molar-refractivity contribution in [3.63, 3.8) is 0 Å². The number of nitrogens with zero attached hydrogens (tertiary/aromatic N) is 3. The molecule has 3 heterocycles. The van der Waals surface area contributed by atoms with E-state index in [2.05, 4.69) is 15.2 Å². The highest BCUT2D eigenvalue weighted by atomic mass is 16.3. The van der Waals surface area contributed by atoms with E-state index in [0.717, 1.165) is 5.56 Å². The van der Waals surface area contributed by atoms with Gasteiger partial charge in [-0.2, -0.15) is 5.10 Å². The number of hydrogen-bond acceptors (Lipinski definition) is 4. The Morgan fingerprint density at radius 2 is 2.14 bits per heavy atom. The van der Waals surface area contributed by atoms with E-state index in [4.69, 9.17) is 4.42 Å². The summed E-state index contributed by atoms with van der Waals surface area (Å²) in [7, 11) is 1.74. The first-order valence-electron chi connectivity index (χ1n) is 6.47. The van der Waals surface area contributed by atoms with Gasteiger partial charge in [0.05, 0.1) is 6.26 Å². The van der Waals surface area contributed by atoms with Gasteiger partial charge in [-0.25, -0.2) is 0 Å². The van der Waals surface area contributed by atoms with Crippen molar-refractivity contribution in [1.82, 2.24) is 20.1 Å². The maximum Gasteiger partial charge on any atom is 0.274 e. The van der Waals surface area contributed by atoms with Gasteiger partial charge >= 0.3 is 0 Å². The van der Waals surface area contributed by atoms with Crippen molar-refractivity contribution in [3.05, 3.63) is 60.2 Å². The minimum absolute atomic E-state index is 0.152. The molecule has 1 amide bonds. The van der Waals surface area contributed by atoms with Crippen LogP contribution in [0, 0.1) is 0 Å². The van der Waals surface area contributed by atoms with Gasteiger partial charge in [0.25, 0.3) is 5.91 Å². The Labute approximate surface area is 121 Å². The molecule has 3 rings (SSSR count). The van der Waals surface area contributed by atoms with Gasteiger partial charge in [0.1, 0.15) is 5.69 Å². The molecular weight excluding hydrogens is 268 g/mol. The van der Waals surface area contributed by atoms with Gasteiger partial charge in [0.15, 0.2) is 11.5 Å². The molecule has 0 fully saturated rings. The quantitative estimate of drug-likeness (QED) is 0.797. The van der Waals surface area contributed by atoms with E-state index < -0.39 is 0 Å². The average molecular weight is 282 g/mol. The molecule has 0 spiro atoms. The third kappa shape index (κ3) is 2.84. The lowest BCUT2D eigenvalue weighted by atomic mass is 10.2. The van der Waals surface area contributed by atoms with Crippen LogP contribution in [0.15, 0.2) is 53.4 Å². The fourth-order valence-electron chi connectivity index (χ4n) is 2.02. The first-order valence-corrected chi connectivity index (χ1v) is 6.47. The normalized spacial score (nSPS) is 10.5. The Morgan fingerprint density at radius 1 is 1.33 bits per heavy atom. The zero-order valence-corrected chi connectivity index (χ0v) is 11.5. The zero-order valence-electron chi connectivity index (χ0n) is 11.5. The summed E-state index contributed by atoms with van der Waals surface area (Å²) in [6.45, 7) is 0.504. The number of carbonyl (C=O) groups excluding carboxylic acids is 1. The van der Waals surface area contributed by atoms with Crippen LogP contribution >= 0.6 is 0 Å². The maximum atomic E-state index is 12.3. The summed E-state index contributed by atoms with van der Waals surface area (Å²) in [5, 5.41) is 6.85. The van der Waals surface area contributed by atoms with E-state index in [0.29, 0.717) is 23.7 Å². The first-order chi connectivity index (χ1) is 10.2. The second kappa shape index (κ2) is 5.62. The Balaban J connectivity index is 1.73. The number of carbonyl (C=O) groups is 1. The number of hydrogen-bond donors (Lipinski definition) is 1. The number of nitrogens with one attached hydrogen (secondary N) is 1. The van der Waals surface area contributed by atoms with Crippen molar-refractivity contribution >= 4 is 5.91 Å². The lowest BCUT2D eigenvalue weighted by Gasteiger charge is -2.15. The number of H-pyrrole nitrogens is 1. The van der Waals surface area contributed by atoms with Crippen molar-refractivity contribution in [2.75, 3.05) is 7.05 Å². The number of furan rings is 1. The van der Waals surface area contributed by atoms with Gasteiger partial charge in [-0.05, 0) is 29.8 Å². The van der Waals surface area contributed by atoms with Crippen molar-refractivity contribution < 1.29 is 9.21 Å². The summed E-state index contributed by atoms with van der Waals surface area (Å²) in [4.78, 5) is 17.9. The van der Waals surface area contributed by atoms with Gasteiger partial charge in [-0.15, -0.1) is 0 Å². The second-order valence-electron chi connectivity index (χ2n) is 4.66. The van der Waals surface area contributed by atoms with Crippen LogP contribution in [0.4, 0.5) is 0 Å². The minimum Gasteiger partial charge on any atom is -0.463 e. The molecule has 6 heteroatoms. The molecule has 0 atom stereocenters. The molecule has 21 heavy (non-hydrogen) atoms. The number of aromatic nitrogens is 3. The Morgan fingerprint density at radius 3 is 2.86 bits per heavy atom. The molecule has 0 aromatic carbocycles. The molecule has 3 aromatic heterocycles. The van der Waals surface area contributed by atoms with Crippen molar-refractivity contribution in [3.8, 4) is 11.5 Å². The maximum absolute atomic E-state index is 12.3. The fraction of sp³-hybridized carbons (Fsp3) is 0.133. The van der Waals surface area contributed by atoms with Crippen LogP contribution in [0.5, 0.6) is 0 Å². The lowest BCUT2D eigenvalue weighted by molar-refractivity contribution is 0.0779. The van der Waals surface area contributed by atoms with Crippen molar-refractivity contribution in [1.29, 1.82) is 0 Å². The second-order valence-corrected chi connectivity index (χ2v) is 4.66. The van der Waals surface area contributed by atoms with Crippen LogP contribution in [-0.2, 0) is 6.54 Å². The molecule has 0 radical (unpaired) electrons. The zero-order chi connectivity index (χ0) is 14.7. The van der Waals surface area contributed by atoms with Gasteiger partial charge in [0, 0.05) is 32.1 Å². The van der Waals surface area contributed by atoms with Crippen LogP contribution in [0.25, 0.3) is 11.5 Å². The third-order valence-electron chi connectivity index (χ3n) is 3.10. The van der Waals surface area contributed by atoms with E-state index in [1.165, 1.54) is 0 Å². The number of amides is 1. The fourth-order valence-corrected chi connectivity index (χ4v) is 2.02. The summed E-state index contributed by atoms with van der Waals surface area (Å²) >= 11 is 0. The summed E-state index contributed by atoms with van der Waals surface area (Å²) in [5.74, 6) is 0.499. The van der Waals surface area contributed by atoms with E-state index in [9.17, 15) is 4.79 Å². The molecule has 0 saturated carbocycles. The molecule has 0 unspecified atom stereocenters. The van der Waals surface area contributed by atoms with Gasteiger partial charge in [-0.3, -0.25) is 14.9 Å². The average Bonchev–Trinajstić information content (AvgIpc) is 3.18. The van der Waals surface area contributed by atoms with Gasteiger partial charge < -0.3 is 9.32 Å². The molecule has 0 bridgehead atoms. The van der Waals surface area contributed by atoms with E-state index in [1.807, 2.05) is 18.2 Å². The smallest absolute Gasteiger partial charge is 0.274 e. The predicted molar refractivity (Wildman–Crippen MR) is 76.3 cm³/mol. The summed E-state index contributed by atoms with van der Waals surface area (Å²) in [5.41, 5.74) is 2.06. The molecular formula is C15H14N4O2. The Hall–Kier alpha value is -2.89. The predicted octanol–water partition coefficient (Wildman–Crippen LogP) is 2.34. The lowest BCUT2D eigenvalue weighted by Crippen LogP contribution is -2.26. The topological polar surface area (TPSA) is 75.0 Å². The molecule has 0 aliphatic carbocycles. The summed E-state index contributed by atoms with van der Waals surface area (Å²) in [6.07, 6.45) is 4.99. The highest BCUT2D eigenvalue weighted by Gasteiger charge is 2.16. The van der Waals surface area contributed by atoms with E-state index in [-0.39, 0.29) is 5.91 Å². The molecule has 0 aliphatic heterocycles. The minimum atomic E-state index is -0.152. The Kier molecular flexibility index (Phi) is 3.51. The van der Waals surface area contributed by atoms with Crippen molar-refractivity contribution in [2.45, 2.75) is 6.54 Å². The van der Waals surface area contributed by atoms with Crippen LogP contribution in [0.2, 0.25) is 0 Å². The highest BCUT2D eigenvalue weighted by molar-refractivity contribution is 5.93. The Bertz CT molecular complexity index is 719. The number of pyridine rings is 1. The third-order valence-corrected chi connectivity index (χ3v) is 3.10. The highest BCUT2D eigenvalue weighted by Crippen LogP contribution is 2.18. The van der Waals surface area contributed by atoms with Crippen LogP contribution in [0.3, 0.4) is 0 Å². The van der Waals surface area contributed by atoms with Crippen LogP contribution < -0.4 is 0 Å². The first kappa shape index (κ1) is 13.1. The standard InChI is InChI=1S/C15H14N4O2/c1-19(10-11-4-6-16-7-5-11)15(20)13-9-12(17-18-13)14-3-2-8-21-14/h2-9H,10H2,1H3,(H,17,18). The van der Waals surface area contributed by atoms with E-state index >= 15 is 0 Å². The monoisotopic (exact) mass is 282 g/mol. The van der Waals surface area contributed by atoms with Crippen LogP contribution in [-0.4, -0.2) is 33.0 Å². The van der Waals surface area contributed by atoms with Gasteiger partial charge in [0.2, 0.25) is 0 Å². The largest absolute Gasteiger partial charge is 0.463 e. The molecule has 3 aromatic rings. The number of rotatable bonds is 4. The summed E-state index contributed by atoms with van der Waals surface area (Å²) in [6, 6.07) is 9.03. The SMILES string of the molecule is CN(Cc1ccncc1)C(=O)c1cc(-c2ccco2)[nH]n1. The van der Waals surface area contributed by atoms with E-state index in [1.54, 1.807) is 42.7 Å². The van der Waals surface area contributed by atoms with Gasteiger partial charge in [-0.1, -0.05) is 0 Å². The number of aromatic amines is 1.